The molecule has 0 spiro atoms. The fourth-order valence-corrected chi connectivity index (χ4v) is 4.02. The highest BCUT2D eigenvalue weighted by atomic mass is 19.1. The molecule has 3 amide bonds. The summed E-state index contributed by atoms with van der Waals surface area (Å²) < 4.78 is 19.6. The van der Waals surface area contributed by atoms with Crippen LogP contribution in [0.2, 0.25) is 0 Å². The first-order valence-corrected chi connectivity index (χ1v) is 11.7. The van der Waals surface area contributed by atoms with Gasteiger partial charge in [0.05, 0.1) is 25.6 Å². The molecule has 0 aliphatic carbocycles. The molecule has 0 fully saturated rings. The van der Waals surface area contributed by atoms with Crippen LogP contribution >= 0.6 is 0 Å². The maximum Gasteiger partial charge on any atom is 0.321 e. The Morgan fingerprint density at radius 1 is 1.23 bits per heavy atom. The molecule has 0 aromatic heterocycles. The van der Waals surface area contributed by atoms with Crippen molar-refractivity contribution >= 4 is 23.3 Å². The van der Waals surface area contributed by atoms with Crippen LogP contribution in [0.1, 0.15) is 19.4 Å². The van der Waals surface area contributed by atoms with Gasteiger partial charge in [0.2, 0.25) is 5.91 Å². The van der Waals surface area contributed by atoms with Crippen LogP contribution in [-0.4, -0.2) is 79.8 Å². The predicted octanol–water partition coefficient (Wildman–Crippen LogP) is 3.20. The Labute approximate surface area is 206 Å². The predicted molar refractivity (Wildman–Crippen MR) is 134 cm³/mol. The number of hydrogen-bond acceptors (Lipinski definition) is 5. The van der Waals surface area contributed by atoms with E-state index in [0.29, 0.717) is 18.0 Å². The number of aliphatic hydroxyl groups excluding tert-OH is 1. The van der Waals surface area contributed by atoms with E-state index in [9.17, 15) is 19.1 Å². The van der Waals surface area contributed by atoms with Gasteiger partial charge in [-0.15, -0.1) is 0 Å². The Morgan fingerprint density at radius 2 is 1.91 bits per heavy atom. The quantitative estimate of drug-likeness (QED) is 0.655. The summed E-state index contributed by atoms with van der Waals surface area (Å²) in [7, 11) is 5.52. The third kappa shape index (κ3) is 6.63. The Hall–Kier alpha value is -3.33. The van der Waals surface area contributed by atoms with Crippen LogP contribution in [0.3, 0.4) is 0 Å². The third-order valence-corrected chi connectivity index (χ3v) is 6.31. The van der Waals surface area contributed by atoms with Crippen molar-refractivity contribution in [2.45, 2.75) is 32.4 Å². The number of halogens is 1. The third-order valence-electron chi connectivity index (χ3n) is 6.31. The number of nitrogens with one attached hydrogen (secondary N) is 1. The molecule has 8 nitrogen and oxygen atoms in total. The lowest BCUT2D eigenvalue weighted by Gasteiger charge is -2.34. The van der Waals surface area contributed by atoms with Crippen LogP contribution in [0.25, 0.3) is 0 Å². The number of hydrogen-bond donors (Lipinski definition) is 2. The molecule has 3 atom stereocenters. The summed E-state index contributed by atoms with van der Waals surface area (Å²) in [5.41, 5.74) is 2.19. The number of aliphatic hydroxyl groups is 1. The van der Waals surface area contributed by atoms with Crippen LogP contribution in [0.5, 0.6) is 5.75 Å². The molecule has 0 radical (unpaired) electrons. The number of anilines is 2. The molecule has 0 saturated carbocycles. The van der Waals surface area contributed by atoms with Gasteiger partial charge in [0.25, 0.3) is 0 Å². The zero-order chi connectivity index (χ0) is 25.7. The van der Waals surface area contributed by atoms with Gasteiger partial charge in [0.1, 0.15) is 17.7 Å². The lowest BCUT2D eigenvalue weighted by atomic mass is 10.0. The molecule has 2 aromatic rings. The fraction of sp³-hybridized carbons (Fsp3) is 0.462. The lowest BCUT2D eigenvalue weighted by molar-refractivity contribution is -0.134. The standard InChI is InChI=1S/C26H35FN4O4/c1-17-14-31(18(2)16-32)25(33)13-19-12-22(29(3)4)10-11-23(19)35-24(17)15-30(5)26(34)28-21-8-6-20(27)7-9-21/h6-12,17-18,24,32H,13-16H2,1-5H3,(H,28,34)/t17-,18+,24-/m0/s1. The van der Waals surface area contributed by atoms with E-state index in [-0.39, 0.29) is 49.3 Å². The van der Waals surface area contributed by atoms with Crippen molar-refractivity contribution in [1.82, 2.24) is 9.80 Å². The molecular weight excluding hydrogens is 451 g/mol. The van der Waals surface area contributed by atoms with Crippen LogP contribution in [0.15, 0.2) is 42.5 Å². The number of ether oxygens (including phenoxy) is 1. The van der Waals surface area contributed by atoms with Gasteiger partial charge in [0.15, 0.2) is 0 Å². The molecule has 1 heterocycles. The van der Waals surface area contributed by atoms with Gasteiger partial charge in [-0.3, -0.25) is 4.79 Å². The fourth-order valence-electron chi connectivity index (χ4n) is 4.02. The summed E-state index contributed by atoms with van der Waals surface area (Å²) in [6.07, 6.45) is -0.260. The highest BCUT2D eigenvalue weighted by molar-refractivity contribution is 5.89. The molecule has 0 unspecified atom stereocenters. The summed E-state index contributed by atoms with van der Waals surface area (Å²) in [5.74, 6) is 0.0128. The monoisotopic (exact) mass is 486 g/mol. The zero-order valence-corrected chi connectivity index (χ0v) is 21.0. The summed E-state index contributed by atoms with van der Waals surface area (Å²) in [4.78, 5) is 31.2. The SMILES string of the molecule is C[C@H](CO)N1C[C@H](C)[C@H](CN(C)C(=O)Nc2ccc(F)cc2)Oc2ccc(N(C)C)cc2CC1=O. The second kappa shape index (κ2) is 11.4. The number of fused-ring (bicyclic) bond motifs is 1. The maximum absolute atomic E-state index is 13.2. The van der Waals surface area contributed by atoms with E-state index in [1.165, 1.54) is 29.2 Å². The lowest BCUT2D eigenvalue weighted by Crippen LogP contribution is -2.48. The van der Waals surface area contributed by atoms with Crippen molar-refractivity contribution in [2.24, 2.45) is 5.92 Å². The molecule has 9 heteroatoms. The summed E-state index contributed by atoms with van der Waals surface area (Å²) in [5, 5.41) is 12.5. The highest BCUT2D eigenvalue weighted by Crippen LogP contribution is 2.30. The highest BCUT2D eigenvalue weighted by Gasteiger charge is 2.32. The number of urea groups is 1. The topological polar surface area (TPSA) is 85.3 Å². The number of rotatable bonds is 6. The molecular formula is C26H35FN4O4. The average molecular weight is 487 g/mol. The Morgan fingerprint density at radius 3 is 2.54 bits per heavy atom. The molecule has 1 aliphatic heterocycles. The van der Waals surface area contributed by atoms with E-state index in [1.807, 2.05) is 51.0 Å². The van der Waals surface area contributed by atoms with Crippen LogP contribution in [0.4, 0.5) is 20.6 Å². The van der Waals surface area contributed by atoms with Crippen molar-refractivity contribution in [3.63, 3.8) is 0 Å². The van der Waals surface area contributed by atoms with E-state index < -0.39 is 6.10 Å². The second-order valence-electron chi connectivity index (χ2n) is 9.39. The molecule has 0 saturated heterocycles. The Bertz CT molecular complexity index is 1030. The van der Waals surface area contributed by atoms with Gasteiger partial charge < -0.3 is 29.9 Å². The first-order chi connectivity index (χ1) is 16.6. The van der Waals surface area contributed by atoms with Crippen molar-refractivity contribution in [3.05, 3.63) is 53.8 Å². The van der Waals surface area contributed by atoms with Crippen molar-refractivity contribution in [3.8, 4) is 5.75 Å². The van der Waals surface area contributed by atoms with Crippen molar-refractivity contribution in [2.75, 3.05) is 51.1 Å². The molecule has 2 N–H and O–H groups in total. The molecule has 0 bridgehead atoms. The number of carbonyl (C=O) groups excluding carboxylic acids is 2. The number of benzene rings is 2. The molecule has 190 valence electrons. The minimum atomic E-state index is -0.415. The number of nitrogens with zero attached hydrogens (tertiary/aromatic N) is 3. The van der Waals surface area contributed by atoms with Crippen molar-refractivity contribution < 1.29 is 23.8 Å². The van der Waals surface area contributed by atoms with Crippen molar-refractivity contribution in [1.29, 1.82) is 0 Å². The maximum atomic E-state index is 13.2. The minimum Gasteiger partial charge on any atom is -0.488 e. The van der Waals surface area contributed by atoms with E-state index in [1.54, 1.807) is 11.9 Å². The smallest absolute Gasteiger partial charge is 0.321 e. The number of amides is 3. The van der Waals surface area contributed by atoms with E-state index in [4.69, 9.17) is 4.74 Å². The normalized spacial score (nSPS) is 18.9. The number of likely N-dealkylation sites (N-methyl/N-ethyl adjacent to an activating group) is 1. The van der Waals surface area contributed by atoms with Crippen LogP contribution < -0.4 is 15.0 Å². The van der Waals surface area contributed by atoms with Gasteiger partial charge >= 0.3 is 6.03 Å². The average Bonchev–Trinajstić information content (AvgIpc) is 2.87. The Kier molecular flexibility index (Phi) is 8.56. The first kappa shape index (κ1) is 26.3. The first-order valence-electron chi connectivity index (χ1n) is 11.7. The molecule has 1 aliphatic rings. The summed E-state index contributed by atoms with van der Waals surface area (Å²) >= 11 is 0. The molecule has 35 heavy (non-hydrogen) atoms. The van der Waals surface area contributed by atoms with E-state index in [2.05, 4.69) is 5.32 Å². The second-order valence-corrected chi connectivity index (χ2v) is 9.39. The summed E-state index contributed by atoms with van der Waals surface area (Å²) in [6, 6.07) is 10.6. The zero-order valence-electron chi connectivity index (χ0n) is 21.0. The van der Waals surface area contributed by atoms with Gasteiger partial charge in [-0.05, 0) is 49.4 Å². The van der Waals surface area contributed by atoms with Gasteiger partial charge in [0, 0.05) is 50.5 Å². The van der Waals surface area contributed by atoms with Crippen LogP contribution in [0, 0.1) is 11.7 Å². The van der Waals surface area contributed by atoms with Gasteiger partial charge in [-0.2, -0.15) is 0 Å². The number of carbonyl (C=O) groups is 2. The minimum absolute atomic E-state index is 0.0813. The largest absolute Gasteiger partial charge is 0.488 e. The molecule has 3 rings (SSSR count). The summed E-state index contributed by atoms with van der Waals surface area (Å²) in [6.45, 7) is 4.29. The van der Waals surface area contributed by atoms with E-state index >= 15 is 0 Å². The Balaban J connectivity index is 1.86. The molecule has 2 aromatic carbocycles. The van der Waals surface area contributed by atoms with E-state index in [0.717, 1.165) is 11.3 Å². The van der Waals surface area contributed by atoms with Crippen LogP contribution in [-0.2, 0) is 11.2 Å². The van der Waals surface area contributed by atoms with Gasteiger partial charge in [-0.25, -0.2) is 9.18 Å². The van der Waals surface area contributed by atoms with Gasteiger partial charge in [-0.1, -0.05) is 6.92 Å².